The molecule has 0 unspecified atom stereocenters. The predicted octanol–water partition coefficient (Wildman–Crippen LogP) is 9.14. The summed E-state index contributed by atoms with van der Waals surface area (Å²) in [4.78, 5) is 0. The van der Waals surface area contributed by atoms with Crippen molar-refractivity contribution in [2.75, 3.05) is 6.61 Å². The van der Waals surface area contributed by atoms with Crippen LogP contribution < -0.4 is 0 Å². The van der Waals surface area contributed by atoms with E-state index < -0.39 is 8.32 Å². The lowest BCUT2D eigenvalue weighted by Gasteiger charge is -2.71. The van der Waals surface area contributed by atoms with Gasteiger partial charge in [-0.25, -0.2) is 0 Å². The second-order valence-electron chi connectivity index (χ2n) is 19.1. The lowest BCUT2D eigenvalue weighted by molar-refractivity contribution is -0.217. The molecule has 10 atom stereocenters. The number of allylic oxidation sites excluding steroid dienone is 2. The van der Waals surface area contributed by atoms with Crippen molar-refractivity contribution in [3.05, 3.63) is 11.6 Å². The molecule has 40 heavy (non-hydrogen) atoms. The summed E-state index contributed by atoms with van der Waals surface area (Å²) in [6.45, 7) is 29.8. The molecule has 4 heteroatoms. The first-order valence-corrected chi connectivity index (χ1v) is 19.7. The van der Waals surface area contributed by atoms with Crippen LogP contribution >= 0.6 is 0 Å². The zero-order valence-corrected chi connectivity index (χ0v) is 29.3. The molecule has 0 spiro atoms. The molecule has 0 aliphatic heterocycles. The van der Waals surface area contributed by atoms with Gasteiger partial charge in [-0.15, -0.1) is 0 Å². The zero-order valence-electron chi connectivity index (χ0n) is 28.3. The quantitative estimate of drug-likeness (QED) is 0.262. The molecule has 0 bridgehead atoms. The molecule has 5 aliphatic carbocycles. The molecule has 5 rings (SSSR count). The molecule has 5 aliphatic rings. The van der Waals surface area contributed by atoms with Crippen LogP contribution in [-0.4, -0.2) is 37.3 Å². The van der Waals surface area contributed by atoms with Gasteiger partial charge in [-0.05, 0) is 115 Å². The van der Waals surface area contributed by atoms with Crippen molar-refractivity contribution in [1.82, 2.24) is 0 Å². The highest BCUT2D eigenvalue weighted by molar-refractivity contribution is 6.74. The Bertz CT molecular complexity index is 1040. The minimum Gasteiger partial charge on any atom is -0.416 e. The van der Waals surface area contributed by atoms with Crippen molar-refractivity contribution in [2.24, 2.45) is 50.2 Å². The maximum Gasteiger partial charge on any atom is 0.192 e. The highest BCUT2D eigenvalue weighted by atomic mass is 28.4. The normalized spacial score (nSPS) is 50.6. The topological polar surface area (TPSA) is 49.7 Å². The third kappa shape index (κ3) is 4.18. The first-order chi connectivity index (χ1) is 18.1. The second-order valence-corrected chi connectivity index (χ2v) is 23.9. The third-order valence-electron chi connectivity index (χ3n) is 15.4. The summed E-state index contributed by atoms with van der Waals surface area (Å²) in [7, 11) is -1.91. The molecule has 0 aromatic heterocycles. The highest BCUT2D eigenvalue weighted by Gasteiger charge is 2.69. The first kappa shape index (κ1) is 31.3. The largest absolute Gasteiger partial charge is 0.416 e. The summed E-state index contributed by atoms with van der Waals surface area (Å²) >= 11 is 0. The van der Waals surface area contributed by atoms with E-state index in [1.807, 2.05) is 0 Å². The van der Waals surface area contributed by atoms with Gasteiger partial charge in [0.15, 0.2) is 8.32 Å². The van der Waals surface area contributed by atoms with Crippen LogP contribution in [-0.2, 0) is 4.43 Å². The number of aliphatic hydroxyl groups excluding tert-OH is 2. The predicted molar refractivity (Wildman–Crippen MR) is 170 cm³/mol. The third-order valence-corrected chi connectivity index (χ3v) is 19.9. The minimum absolute atomic E-state index is 0.0137. The van der Waals surface area contributed by atoms with Gasteiger partial charge in [0.25, 0.3) is 0 Å². The van der Waals surface area contributed by atoms with E-state index in [4.69, 9.17) is 4.43 Å². The molecule has 4 fully saturated rings. The van der Waals surface area contributed by atoms with Gasteiger partial charge in [0.2, 0.25) is 0 Å². The Hall–Kier alpha value is -0.163. The van der Waals surface area contributed by atoms with E-state index in [0.717, 1.165) is 32.1 Å². The molecule has 0 heterocycles. The minimum atomic E-state index is -1.91. The van der Waals surface area contributed by atoms with Gasteiger partial charge in [0.1, 0.15) is 0 Å². The summed E-state index contributed by atoms with van der Waals surface area (Å²) in [6, 6.07) is 0. The van der Waals surface area contributed by atoms with Crippen LogP contribution in [0.15, 0.2) is 11.6 Å². The monoisotopic (exact) mass is 572 g/mol. The van der Waals surface area contributed by atoms with Crippen LogP contribution in [0.2, 0.25) is 18.1 Å². The Morgan fingerprint density at radius 2 is 1.48 bits per heavy atom. The maximum atomic E-state index is 11.6. The van der Waals surface area contributed by atoms with Gasteiger partial charge >= 0.3 is 0 Å². The second kappa shape index (κ2) is 9.18. The Morgan fingerprint density at radius 3 is 2.10 bits per heavy atom. The Morgan fingerprint density at radius 1 is 0.825 bits per heavy atom. The summed E-state index contributed by atoms with van der Waals surface area (Å²) < 4.78 is 6.91. The van der Waals surface area contributed by atoms with E-state index in [-0.39, 0.29) is 49.7 Å². The lowest BCUT2D eigenvalue weighted by Crippen LogP contribution is -2.66. The Kier molecular flexibility index (Phi) is 7.17. The average molecular weight is 573 g/mol. The molecule has 0 saturated heterocycles. The zero-order chi connectivity index (χ0) is 29.9. The van der Waals surface area contributed by atoms with Crippen LogP contribution in [0.5, 0.6) is 0 Å². The lowest BCUT2D eigenvalue weighted by atomic mass is 9.33. The van der Waals surface area contributed by atoms with Crippen molar-refractivity contribution in [3.8, 4) is 0 Å². The van der Waals surface area contributed by atoms with E-state index in [9.17, 15) is 10.2 Å². The fraction of sp³-hybridized carbons (Fsp3) is 0.944. The van der Waals surface area contributed by atoms with Crippen molar-refractivity contribution >= 4 is 8.32 Å². The smallest absolute Gasteiger partial charge is 0.192 e. The molecule has 4 saturated carbocycles. The molecule has 0 aromatic rings. The number of fused-ring (bicyclic) bond motifs is 7. The molecule has 0 aromatic carbocycles. The van der Waals surface area contributed by atoms with Crippen LogP contribution in [0.4, 0.5) is 0 Å². The van der Waals surface area contributed by atoms with E-state index in [1.54, 1.807) is 5.57 Å². The number of rotatable bonds is 3. The summed E-state index contributed by atoms with van der Waals surface area (Å²) in [5.74, 6) is 1.59. The van der Waals surface area contributed by atoms with Gasteiger partial charge in [-0.1, -0.05) is 80.9 Å². The first-order valence-electron chi connectivity index (χ1n) is 16.8. The van der Waals surface area contributed by atoms with Gasteiger partial charge in [-0.3, -0.25) is 0 Å². The van der Waals surface area contributed by atoms with E-state index in [2.05, 4.69) is 88.4 Å². The van der Waals surface area contributed by atoms with Gasteiger partial charge < -0.3 is 14.6 Å². The SMILES string of the molecule is CC1(C)C[C@@H](O)[C@]2(C)CC[C@]3(C)C(=CC[C@@H]4[C@@]5(C)CC[C@H](O)[C@](C)(CO[Si](C)(C)C(C)(C)C)[C@@H]5CC[C@]43C)[C@@H]2C1. The molecular formula is C36H64O3Si. The van der Waals surface area contributed by atoms with Gasteiger partial charge in [-0.2, -0.15) is 0 Å². The number of aliphatic hydroxyl groups is 2. The van der Waals surface area contributed by atoms with Crippen LogP contribution in [0.3, 0.4) is 0 Å². The molecule has 0 amide bonds. The standard InChI is InChI=1S/C36H64O3Si/c1-30(2,3)40(11,12)39-23-34(8)26-15-18-36(10)27(33(26,7)17-16-28(34)37)14-13-24-25-21-31(4,5)22-29(38)32(25,6)19-20-35(24,36)9/h13,25-29,37-38H,14-23H2,1-12H3/t25-,26+,27+,28-,29+,32+,33-,34+,35+,36+/m0/s1. The van der Waals surface area contributed by atoms with Crippen molar-refractivity contribution < 1.29 is 14.6 Å². The van der Waals surface area contributed by atoms with E-state index >= 15 is 0 Å². The molecule has 230 valence electrons. The fourth-order valence-electron chi connectivity index (χ4n) is 11.2. The summed E-state index contributed by atoms with van der Waals surface area (Å²) in [5.41, 5.74) is 2.35. The summed E-state index contributed by atoms with van der Waals surface area (Å²) in [6.07, 6.45) is 12.3. The number of hydrogen-bond donors (Lipinski definition) is 2. The maximum absolute atomic E-state index is 11.6. The fourth-order valence-corrected chi connectivity index (χ4v) is 12.3. The van der Waals surface area contributed by atoms with E-state index in [0.29, 0.717) is 24.4 Å². The van der Waals surface area contributed by atoms with Crippen molar-refractivity contribution in [3.63, 3.8) is 0 Å². The van der Waals surface area contributed by atoms with E-state index in [1.165, 1.54) is 25.7 Å². The molecule has 3 nitrogen and oxygen atoms in total. The Labute approximate surface area is 248 Å². The van der Waals surface area contributed by atoms with Crippen LogP contribution in [0, 0.1) is 50.2 Å². The highest BCUT2D eigenvalue weighted by Crippen LogP contribution is 2.75. The van der Waals surface area contributed by atoms with Crippen LogP contribution in [0.1, 0.15) is 127 Å². The van der Waals surface area contributed by atoms with Gasteiger partial charge in [0.05, 0.1) is 12.2 Å². The van der Waals surface area contributed by atoms with Crippen LogP contribution in [0.25, 0.3) is 0 Å². The average Bonchev–Trinajstić information content (AvgIpc) is 2.82. The summed E-state index contributed by atoms with van der Waals surface area (Å²) in [5, 5.41) is 23.2. The van der Waals surface area contributed by atoms with Crippen molar-refractivity contribution in [1.29, 1.82) is 0 Å². The molecular weight excluding hydrogens is 508 g/mol. The number of hydrogen-bond acceptors (Lipinski definition) is 3. The van der Waals surface area contributed by atoms with Gasteiger partial charge in [0, 0.05) is 17.4 Å². The molecule has 0 radical (unpaired) electrons. The molecule has 2 N–H and O–H groups in total. The van der Waals surface area contributed by atoms with Crippen molar-refractivity contribution in [2.45, 2.75) is 157 Å². The Balaban J connectivity index is 1.50.